The molecule has 0 radical (unpaired) electrons. The Balaban J connectivity index is 1.46. The zero-order chi connectivity index (χ0) is 22.9. The summed E-state index contributed by atoms with van der Waals surface area (Å²) in [6.45, 7) is 3.31. The maximum atomic E-state index is 12.5. The maximum Gasteiger partial charge on any atom is 0.303 e. The first-order valence-electron chi connectivity index (χ1n) is 10.5. The molecule has 0 atom stereocenters. The predicted molar refractivity (Wildman–Crippen MR) is 119 cm³/mol. The molecular formula is C22H26ClN5O4. The number of carbonyl (C=O) groups is 3. The van der Waals surface area contributed by atoms with Crippen molar-refractivity contribution in [3.63, 3.8) is 0 Å². The number of unbranched alkanes of at least 4 members (excludes halogenated alkanes) is 1. The highest BCUT2D eigenvalue weighted by Gasteiger charge is 2.22. The largest absolute Gasteiger partial charge is 0.481 e. The van der Waals surface area contributed by atoms with Gasteiger partial charge in [-0.15, -0.1) is 0 Å². The lowest BCUT2D eigenvalue weighted by Crippen LogP contribution is -2.51. The van der Waals surface area contributed by atoms with Crippen molar-refractivity contribution in [1.82, 2.24) is 25.1 Å². The minimum absolute atomic E-state index is 0.0998. The molecule has 2 heterocycles. The van der Waals surface area contributed by atoms with Crippen molar-refractivity contribution >= 4 is 29.4 Å². The summed E-state index contributed by atoms with van der Waals surface area (Å²) in [6.07, 6.45) is 1.66. The van der Waals surface area contributed by atoms with Crippen LogP contribution < -0.4 is 5.32 Å². The van der Waals surface area contributed by atoms with Crippen molar-refractivity contribution in [2.45, 2.75) is 19.3 Å². The number of nitrogens with one attached hydrogen (secondary N) is 1. The Morgan fingerprint density at radius 2 is 1.75 bits per heavy atom. The maximum absolute atomic E-state index is 12.5. The average Bonchev–Trinajstić information content (AvgIpc) is 2.80. The van der Waals surface area contributed by atoms with Gasteiger partial charge in [-0.2, -0.15) is 0 Å². The first-order valence-corrected chi connectivity index (χ1v) is 10.9. The number of carboxylic acid groups (broad SMARTS) is 1. The van der Waals surface area contributed by atoms with Crippen LogP contribution in [0.25, 0.3) is 11.4 Å². The number of piperazine rings is 1. The second-order valence-electron chi connectivity index (χ2n) is 7.52. The molecule has 32 heavy (non-hydrogen) atoms. The molecule has 1 aliphatic rings. The predicted octanol–water partition coefficient (Wildman–Crippen LogP) is 1.93. The van der Waals surface area contributed by atoms with Crippen LogP contribution in [0.5, 0.6) is 0 Å². The molecular weight excluding hydrogens is 434 g/mol. The van der Waals surface area contributed by atoms with Crippen molar-refractivity contribution < 1.29 is 19.5 Å². The van der Waals surface area contributed by atoms with Crippen molar-refractivity contribution in [2.75, 3.05) is 39.3 Å². The summed E-state index contributed by atoms with van der Waals surface area (Å²) in [5.74, 6) is -1.08. The Kier molecular flexibility index (Phi) is 8.52. The van der Waals surface area contributed by atoms with Gasteiger partial charge >= 0.3 is 5.97 Å². The lowest BCUT2D eigenvalue weighted by atomic mass is 10.2. The van der Waals surface area contributed by atoms with Crippen molar-refractivity contribution in [2.24, 2.45) is 0 Å². The highest BCUT2D eigenvalue weighted by Crippen LogP contribution is 2.17. The SMILES string of the molecule is O=C(O)CCCCN1CCN(C(=O)CNC(=O)c2cc(Cl)nc(-c3ccccc3)n2)CC1. The van der Waals surface area contributed by atoms with Gasteiger partial charge in [-0.25, -0.2) is 9.97 Å². The lowest BCUT2D eigenvalue weighted by molar-refractivity contribution is -0.137. The van der Waals surface area contributed by atoms with Crippen LogP contribution in [0, 0.1) is 0 Å². The third-order valence-electron chi connectivity index (χ3n) is 5.20. The number of carboxylic acids is 1. The van der Waals surface area contributed by atoms with Crippen LogP contribution in [0.15, 0.2) is 36.4 Å². The molecule has 2 amide bonds. The number of nitrogens with zero attached hydrogens (tertiary/aromatic N) is 4. The van der Waals surface area contributed by atoms with Crippen LogP contribution in [-0.4, -0.2) is 81.9 Å². The molecule has 2 aromatic rings. The van der Waals surface area contributed by atoms with E-state index in [0.29, 0.717) is 25.3 Å². The quantitative estimate of drug-likeness (QED) is 0.434. The average molecular weight is 460 g/mol. The molecule has 170 valence electrons. The molecule has 0 aliphatic carbocycles. The van der Waals surface area contributed by atoms with E-state index in [0.717, 1.165) is 31.6 Å². The number of benzene rings is 1. The smallest absolute Gasteiger partial charge is 0.303 e. The Labute approximate surface area is 191 Å². The Morgan fingerprint density at radius 1 is 1.03 bits per heavy atom. The summed E-state index contributed by atoms with van der Waals surface area (Å²) < 4.78 is 0. The van der Waals surface area contributed by atoms with Crippen LogP contribution in [-0.2, 0) is 9.59 Å². The fraction of sp³-hybridized carbons (Fsp3) is 0.409. The third-order valence-corrected chi connectivity index (χ3v) is 5.39. The minimum Gasteiger partial charge on any atom is -0.481 e. The number of aliphatic carboxylic acids is 1. The zero-order valence-electron chi connectivity index (χ0n) is 17.7. The van der Waals surface area contributed by atoms with Crippen LogP contribution in [0.1, 0.15) is 29.8 Å². The van der Waals surface area contributed by atoms with Crippen molar-refractivity contribution in [3.8, 4) is 11.4 Å². The van der Waals surface area contributed by atoms with Gasteiger partial charge in [-0.3, -0.25) is 19.3 Å². The molecule has 1 aromatic heterocycles. The molecule has 1 aromatic carbocycles. The van der Waals surface area contributed by atoms with E-state index in [1.54, 1.807) is 4.90 Å². The molecule has 0 bridgehead atoms. The van der Waals surface area contributed by atoms with E-state index in [1.165, 1.54) is 6.07 Å². The molecule has 0 saturated carbocycles. The Morgan fingerprint density at radius 3 is 2.44 bits per heavy atom. The van der Waals surface area contributed by atoms with E-state index < -0.39 is 11.9 Å². The van der Waals surface area contributed by atoms with Crippen molar-refractivity contribution in [1.29, 1.82) is 0 Å². The van der Waals surface area contributed by atoms with Gasteiger partial charge in [0.1, 0.15) is 10.8 Å². The summed E-state index contributed by atoms with van der Waals surface area (Å²) in [7, 11) is 0. The second-order valence-corrected chi connectivity index (χ2v) is 7.91. The summed E-state index contributed by atoms with van der Waals surface area (Å²) >= 11 is 6.06. The summed E-state index contributed by atoms with van der Waals surface area (Å²) in [5, 5.41) is 11.5. The fourth-order valence-electron chi connectivity index (χ4n) is 3.44. The highest BCUT2D eigenvalue weighted by atomic mass is 35.5. The number of rotatable bonds is 9. The topological polar surface area (TPSA) is 116 Å². The number of aromatic nitrogens is 2. The first kappa shape index (κ1) is 23.6. The van der Waals surface area contributed by atoms with E-state index in [1.807, 2.05) is 30.3 Å². The monoisotopic (exact) mass is 459 g/mol. The molecule has 0 spiro atoms. The van der Waals surface area contributed by atoms with Gasteiger partial charge in [-0.05, 0) is 19.4 Å². The summed E-state index contributed by atoms with van der Waals surface area (Å²) in [5.41, 5.74) is 0.837. The van der Waals surface area contributed by atoms with E-state index in [9.17, 15) is 14.4 Å². The Bertz CT molecular complexity index is 949. The van der Waals surface area contributed by atoms with Gasteiger partial charge < -0.3 is 15.3 Å². The van der Waals surface area contributed by atoms with Gasteiger partial charge in [0.25, 0.3) is 5.91 Å². The molecule has 1 saturated heterocycles. The van der Waals surface area contributed by atoms with Gasteiger partial charge in [0.05, 0.1) is 6.54 Å². The van der Waals surface area contributed by atoms with Crippen molar-refractivity contribution in [3.05, 3.63) is 47.2 Å². The number of amides is 2. The summed E-state index contributed by atoms with van der Waals surface area (Å²) in [6, 6.07) is 10.6. The number of halogens is 1. The highest BCUT2D eigenvalue weighted by molar-refractivity contribution is 6.29. The van der Waals surface area contributed by atoms with Gasteiger partial charge in [-0.1, -0.05) is 41.9 Å². The Hall–Kier alpha value is -3.04. The van der Waals surface area contributed by atoms with E-state index in [-0.39, 0.29) is 29.7 Å². The molecule has 10 heteroatoms. The summed E-state index contributed by atoms with van der Waals surface area (Å²) in [4.78, 5) is 48.0. The first-order chi connectivity index (χ1) is 15.4. The number of hydrogen-bond acceptors (Lipinski definition) is 6. The van der Waals surface area contributed by atoms with Crippen LogP contribution in [0.2, 0.25) is 5.15 Å². The van der Waals surface area contributed by atoms with Gasteiger partial charge in [0.2, 0.25) is 5.91 Å². The molecule has 1 aliphatic heterocycles. The second kappa shape index (κ2) is 11.5. The van der Waals surface area contributed by atoms with E-state index in [4.69, 9.17) is 16.7 Å². The minimum atomic E-state index is -0.775. The van der Waals surface area contributed by atoms with Gasteiger partial charge in [0, 0.05) is 44.2 Å². The molecule has 2 N–H and O–H groups in total. The van der Waals surface area contributed by atoms with Gasteiger partial charge in [0.15, 0.2) is 5.82 Å². The van der Waals surface area contributed by atoms with Crippen LogP contribution >= 0.6 is 11.6 Å². The normalized spacial score (nSPS) is 14.2. The molecule has 1 fully saturated rings. The number of hydrogen-bond donors (Lipinski definition) is 2. The standard InChI is InChI=1S/C22H26ClN5O4/c23-18-14-17(25-21(26-18)16-6-2-1-3-7-16)22(32)24-15-19(29)28-12-10-27(11-13-28)9-5-4-8-20(30)31/h1-3,6-7,14H,4-5,8-13,15H2,(H,24,32)(H,30,31). The van der Waals surface area contributed by atoms with Crippen LogP contribution in [0.4, 0.5) is 0 Å². The molecule has 0 unspecified atom stereocenters. The molecule has 9 nitrogen and oxygen atoms in total. The van der Waals surface area contributed by atoms with Crippen LogP contribution in [0.3, 0.4) is 0 Å². The zero-order valence-corrected chi connectivity index (χ0v) is 18.4. The number of carbonyl (C=O) groups excluding carboxylic acids is 2. The third kappa shape index (κ3) is 7.00. The van der Waals surface area contributed by atoms with E-state index >= 15 is 0 Å². The fourth-order valence-corrected chi connectivity index (χ4v) is 3.62. The molecule has 3 rings (SSSR count). The van der Waals surface area contributed by atoms with E-state index in [2.05, 4.69) is 20.2 Å². The lowest BCUT2D eigenvalue weighted by Gasteiger charge is -2.34.